The molecule has 1 amide bonds. The van der Waals surface area contributed by atoms with Crippen LogP contribution in [0.3, 0.4) is 0 Å². The van der Waals surface area contributed by atoms with Crippen LogP contribution in [0, 0.1) is 0 Å². The summed E-state index contributed by atoms with van der Waals surface area (Å²) in [6, 6.07) is 4.27. The first kappa shape index (κ1) is 19.5. The van der Waals surface area contributed by atoms with E-state index in [1.807, 2.05) is 0 Å². The van der Waals surface area contributed by atoms with Gasteiger partial charge in [0.2, 0.25) is 0 Å². The van der Waals surface area contributed by atoms with E-state index in [1.165, 1.54) is 29.1 Å². The van der Waals surface area contributed by atoms with E-state index < -0.39 is 40.3 Å². The van der Waals surface area contributed by atoms with E-state index >= 15 is 0 Å². The fraction of sp³-hybridized carbons (Fsp3) is 0.294. The first-order valence-electron chi connectivity index (χ1n) is 7.69. The van der Waals surface area contributed by atoms with Crippen molar-refractivity contribution in [1.29, 1.82) is 0 Å². The minimum absolute atomic E-state index is 0.00805. The molecule has 1 aromatic carbocycles. The molecule has 1 atom stereocenters. The predicted molar refractivity (Wildman–Crippen MR) is 86.9 cm³/mol. The number of nitrogens with zero attached hydrogens (tertiary/aromatic N) is 2. The molecule has 0 spiro atoms. The molecule has 1 saturated heterocycles. The highest BCUT2D eigenvalue weighted by molar-refractivity contribution is 7.99. The van der Waals surface area contributed by atoms with Crippen LogP contribution in [0.4, 0.5) is 26.3 Å². The lowest BCUT2D eigenvalue weighted by molar-refractivity contribution is -0.143. The fourth-order valence-corrected chi connectivity index (χ4v) is 3.96. The molecule has 0 bridgehead atoms. The number of halogens is 6. The maximum Gasteiger partial charge on any atom is 0.416 e. The van der Waals surface area contributed by atoms with E-state index in [0.29, 0.717) is 23.4 Å². The molecular weight excluding hydrogens is 394 g/mol. The van der Waals surface area contributed by atoms with Gasteiger partial charge in [-0.3, -0.25) is 9.78 Å². The lowest BCUT2D eigenvalue weighted by Crippen LogP contribution is -2.31. The minimum atomic E-state index is -5.00. The molecule has 1 unspecified atom stereocenters. The molecule has 2 aromatic rings. The molecule has 1 aromatic heterocycles. The lowest BCUT2D eigenvalue weighted by atomic mass is 10.0. The van der Waals surface area contributed by atoms with Gasteiger partial charge in [-0.15, -0.1) is 11.8 Å². The average molecular weight is 406 g/mol. The Morgan fingerprint density at radius 3 is 2.22 bits per heavy atom. The van der Waals surface area contributed by atoms with Crippen molar-refractivity contribution >= 4 is 17.7 Å². The minimum Gasteiger partial charge on any atom is -0.322 e. The summed E-state index contributed by atoms with van der Waals surface area (Å²) in [5.41, 5.74) is -3.01. The number of benzene rings is 1. The molecule has 144 valence electrons. The molecule has 10 heteroatoms. The van der Waals surface area contributed by atoms with Crippen molar-refractivity contribution in [1.82, 2.24) is 9.88 Å². The van der Waals surface area contributed by atoms with Crippen molar-refractivity contribution < 1.29 is 31.1 Å². The van der Waals surface area contributed by atoms with Crippen molar-refractivity contribution in [2.24, 2.45) is 0 Å². The molecule has 0 saturated carbocycles. The summed E-state index contributed by atoms with van der Waals surface area (Å²) in [5.74, 6) is -0.374. The van der Waals surface area contributed by atoms with Crippen LogP contribution in [-0.4, -0.2) is 28.1 Å². The van der Waals surface area contributed by atoms with Gasteiger partial charge in [0.1, 0.15) is 5.37 Å². The largest absolute Gasteiger partial charge is 0.416 e. The topological polar surface area (TPSA) is 33.2 Å². The molecule has 0 radical (unpaired) electrons. The van der Waals surface area contributed by atoms with Crippen LogP contribution in [0.15, 0.2) is 42.7 Å². The van der Waals surface area contributed by atoms with Crippen molar-refractivity contribution in [2.75, 3.05) is 12.3 Å². The van der Waals surface area contributed by atoms with Crippen LogP contribution in [0.5, 0.6) is 0 Å². The summed E-state index contributed by atoms with van der Waals surface area (Å²) >= 11 is 1.37. The number of thioether (sulfide) groups is 1. The predicted octanol–water partition coefficient (Wildman–Crippen LogP) is 5.01. The quantitative estimate of drug-likeness (QED) is 0.658. The monoisotopic (exact) mass is 406 g/mol. The van der Waals surface area contributed by atoms with E-state index in [-0.39, 0.29) is 12.6 Å². The van der Waals surface area contributed by atoms with Crippen molar-refractivity contribution in [3.63, 3.8) is 0 Å². The Balaban J connectivity index is 2.01. The van der Waals surface area contributed by atoms with Crippen molar-refractivity contribution in [2.45, 2.75) is 17.7 Å². The Hall–Kier alpha value is -2.23. The molecule has 1 aliphatic rings. The number of hydrogen-bond donors (Lipinski definition) is 0. The Bertz CT molecular complexity index is 805. The highest BCUT2D eigenvalue weighted by Gasteiger charge is 2.39. The summed E-state index contributed by atoms with van der Waals surface area (Å²) in [6.07, 6.45) is -6.97. The van der Waals surface area contributed by atoms with Crippen LogP contribution >= 0.6 is 11.8 Å². The molecule has 1 aliphatic heterocycles. The number of carbonyl (C=O) groups excluding carboxylic acids is 1. The van der Waals surface area contributed by atoms with Crippen molar-refractivity contribution in [3.05, 3.63) is 65.0 Å². The summed E-state index contributed by atoms with van der Waals surface area (Å²) < 4.78 is 78.1. The zero-order chi connectivity index (χ0) is 19.8. The van der Waals surface area contributed by atoms with Gasteiger partial charge >= 0.3 is 12.4 Å². The third kappa shape index (κ3) is 4.20. The number of aromatic nitrogens is 1. The standard InChI is InChI=1S/C17H12F6N2OS/c18-16(19,20)12-6-11(7-13(8-12)17(21,22)23)14(26)25-4-5-27-15(25)10-2-1-3-24-9-10/h1-3,6-9,15H,4-5H2. The van der Waals surface area contributed by atoms with Crippen LogP contribution in [0.1, 0.15) is 32.4 Å². The average Bonchev–Trinajstić information content (AvgIpc) is 3.09. The van der Waals surface area contributed by atoms with E-state index in [2.05, 4.69) is 4.98 Å². The Labute approximate surface area is 154 Å². The number of rotatable bonds is 2. The molecule has 0 aliphatic carbocycles. The van der Waals surface area contributed by atoms with Gasteiger partial charge in [0.05, 0.1) is 11.1 Å². The second-order valence-electron chi connectivity index (χ2n) is 5.80. The maximum absolute atomic E-state index is 13.0. The number of pyridine rings is 1. The van der Waals surface area contributed by atoms with Crippen LogP contribution in [-0.2, 0) is 12.4 Å². The van der Waals surface area contributed by atoms with Gasteiger partial charge in [-0.05, 0) is 24.3 Å². The van der Waals surface area contributed by atoms with Gasteiger partial charge < -0.3 is 4.90 Å². The second kappa shape index (κ2) is 7.06. The number of alkyl halides is 6. The first-order chi connectivity index (χ1) is 12.6. The Morgan fingerprint density at radius 2 is 1.70 bits per heavy atom. The Kier molecular flexibility index (Phi) is 5.11. The van der Waals surface area contributed by atoms with Gasteiger partial charge in [0.25, 0.3) is 5.91 Å². The van der Waals surface area contributed by atoms with E-state index in [1.54, 1.807) is 12.1 Å². The SMILES string of the molecule is O=C(c1cc(C(F)(F)F)cc(C(F)(F)F)c1)N1CCSC1c1cccnc1. The normalized spacial score (nSPS) is 18.0. The first-order valence-corrected chi connectivity index (χ1v) is 8.74. The number of hydrogen-bond acceptors (Lipinski definition) is 3. The zero-order valence-electron chi connectivity index (χ0n) is 13.5. The smallest absolute Gasteiger partial charge is 0.322 e. The Morgan fingerprint density at radius 1 is 1.07 bits per heavy atom. The number of amides is 1. The zero-order valence-corrected chi connectivity index (χ0v) is 14.3. The maximum atomic E-state index is 13.0. The second-order valence-corrected chi connectivity index (χ2v) is 6.99. The third-order valence-electron chi connectivity index (χ3n) is 3.96. The van der Waals surface area contributed by atoms with Gasteiger partial charge in [0.15, 0.2) is 0 Å². The van der Waals surface area contributed by atoms with Crippen molar-refractivity contribution in [3.8, 4) is 0 Å². The highest BCUT2D eigenvalue weighted by atomic mass is 32.2. The van der Waals surface area contributed by atoms with E-state index in [9.17, 15) is 31.1 Å². The molecule has 1 fully saturated rings. The summed E-state index contributed by atoms with van der Waals surface area (Å²) in [4.78, 5) is 17.9. The summed E-state index contributed by atoms with van der Waals surface area (Å²) in [7, 11) is 0. The number of carbonyl (C=O) groups is 1. The third-order valence-corrected chi connectivity index (χ3v) is 5.22. The van der Waals surface area contributed by atoms with E-state index in [0.717, 1.165) is 0 Å². The van der Waals surface area contributed by atoms with Gasteiger partial charge in [-0.2, -0.15) is 26.3 Å². The molecule has 2 heterocycles. The van der Waals surface area contributed by atoms with Gasteiger partial charge in [-0.25, -0.2) is 0 Å². The van der Waals surface area contributed by atoms with Gasteiger partial charge in [-0.1, -0.05) is 6.07 Å². The highest BCUT2D eigenvalue weighted by Crippen LogP contribution is 2.40. The molecule has 3 nitrogen and oxygen atoms in total. The molecule has 3 rings (SSSR count). The molecule has 0 N–H and O–H groups in total. The summed E-state index contributed by atoms with van der Waals surface area (Å²) in [5, 5.41) is -0.518. The summed E-state index contributed by atoms with van der Waals surface area (Å²) in [6.45, 7) is 0.209. The van der Waals surface area contributed by atoms with Crippen LogP contribution < -0.4 is 0 Å². The molecule has 27 heavy (non-hydrogen) atoms. The lowest BCUT2D eigenvalue weighted by Gasteiger charge is -2.24. The van der Waals surface area contributed by atoms with Crippen LogP contribution in [0.25, 0.3) is 0 Å². The molecular formula is C17H12F6N2OS. The fourth-order valence-electron chi connectivity index (χ4n) is 2.72. The van der Waals surface area contributed by atoms with Crippen LogP contribution in [0.2, 0.25) is 0 Å². The van der Waals surface area contributed by atoms with E-state index in [4.69, 9.17) is 0 Å². The van der Waals surface area contributed by atoms with Gasteiger partial charge in [0, 0.05) is 35.8 Å².